The van der Waals surface area contributed by atoms with E-state index in [-0.39, 0.29) is 12.6 Å². The molecule has 2 N–H and O–H groups in total. The van der Waals surface area contributed by atoms with Crippen LogP contribution < -0.4 is 10.6 Å². The first-order valence-corrected chi connectivity index (χ1v) is 15.0. The van der Waals surface area contributed by atoms with Crippen molar-refractivity contribution < 1.29 is 14.4 Å². The van der Waals surface area contributed by atoms with Crippen LogP contribution in [0.3, 0.4) is 0 Å². The zero-order valence-corrected chi connectivity index (χ0v) is 26.1. The molecule has 0 bridgehead atoms. The van der Waals surface area contributed by atoms with Gasteiger partial charge in [-0.05, 0) is 55.4 Å². The van der Waals surface area contributed by atoms with E-state index in [4.69, 9.17) is 16.6 Å². The fourth-order valence-corrected chi connectivity index (χ4v) is 4.44. The lowest BCUT2D eigenvalue weighted by atomic mass is 10.1. The van der Waals surface area contributed by atoms with Crippen LogP contribution in [-0.2, 0) is 22.7 Å². The number of pyridine rings is 1. The van der Waals surface area contributed by atoms with Gasteiger partial charge in [-0.1, -0.05) is 29.8 Å². The second-order valence-electron chi connectivity index (χ2n) is 10.9. The molecule has 2 fully saturated rings. The first-order chi connectivity index (χ1) is 21.3. The Balaban J connectivity index is 0.000000304. The molecule has 0 atom stereocenters. The zero-order chi connectivity index (χ0) is 31.5. The van der Waals surface area contributed by atoms with Crippen molar-refractivity contribution in [1.82, 2.24) is 29.2 Å². The first-order valence-electron chi connectivity index (χ1n) is 14.6. The van der Waals surface area contributed by atoms with Crippen LogP contribution in [0.2, 0.25) is 5.02 Å². The summed E-state index contributed by atoms with van der Waals surface area (Å²) in [6.07, 6.45) is 12.0. The van der Waals surface area contributed by atoms with Crippen molar-refractivity contribution in [3.05, 3.63) is 83.0 Å². The Hall–Kier alpha value is -4.51. The lowest BCUT2D eigenvalue weighted by Crippen LogP contribution is -2.39. The van der Waals surface area contributed by atoms with E-state index in [9.17, 15) is 14.4 Å². The predicted molar refractivity (Wildman–Crippen MR) is 172 cm³/mol. The average molecular weight is 619 g/mol. The summed E-state index contributed by atoms with van der Waals surface area (Å²) in [4.78, 5) is 49.5. The topological polar surface area (TPSA) is 125 Å². The van der Waals surface area contributed by atoms with Crippen molar-refractivity contribution >= 4 is 47.5 Å². The fraction of sp³-hybridized carbons (Fsp3) is 0.375. The second kappa shape index (κ2) is 15.8. The third kappa shape index (κ3) is 9.77. The summed E-state index contributed by atoms with van der Waals surface area (Å²) in [5, 5.41) is 7.06. The third-order valence-corrected chi connectivity index (χ3v) is 7.23. The molecule has 44 heavy (non-hydrogen) atoms. The Bertz CT molecular complexity index is 1540. The Kier molecular flexibility index (Phi) is 11.6. The minimum atomic E-state index is -0.204. The second-order valence-corrected chi connectivity index (χ2v) is 11.4. The van der Waals surface area contributed by atoms with Gasteiger partial charge >= 0.3 is 6.03 Å². The fourth-order valence-electron chi connectivity index (χ4n) is 4.29. The summed E-state index contributed by atoms with van der Waals surface area (Å²) < 4.78 is 2.03. The molecule has 6 rings (SSSR count). The molecule has 2 saturated carbocycles. The van der Waals surface area contributed by atoms with Gasteiger partial charge in [-0.3, -0.25) is 0 Å². The number of aromatic nitrogens is 4. The quantitative estimate of drug-likeness (QED) is 0.230. The average Bonchev–Trinajstić information content (AvgIpc) is 3.98. The standard InChI is InChI=1S/C22H28N8O2.C6H5Cl.C4H6O/c1-23-19-9-20(26-14-25-19)24-10-18-13-30-11-16(15-4-5-15)8-17(21(30)27-18)12-29(6-7-31)22(32)28(2)3;7-6-4-2-1-3-5-6;5-3-4-1-2-4/h7-9,11,13-15H,4-6,10,12H2,1-3H3,(H2,23,24,25,26);1-5H;3-4H,1-2H2. The van der Waals surface area contributed by atoms with E-state index in [1.807, 2.05) is 54.0 Å². The molecule has 2 amide bonds. The lowest BCUT2D eigenvalue weighted by Gasteiger charge is -2.24. The van der Waals surface area contributed by atoms with Gasteiger partial charge in [-0.2, -0.15) is 0 Å². The van der Waals surface area contributed by atoms with Gasteiger partial charge in [0.05, 0.1) is 25.3 Å². The molecule has 0 saturated heterocycles. The minimum absolute atomic E-state index is 0.0352. The summed E-state index contributed by atoms with van der Waals surface area (Å²) in [5.74, 6) is 2.44. The number of benzene rings is 1. The van der Waals surface area contributed by atoms with E-state index in [1.54, 1.807) is 14.1 Å². The van der Waals surface area contributed by atoms with E-state index >= 15 is 0 Å². The van der Waals surface area contributed by atoms with Gasteiger partial charge in [0.2, 0.25) is 0 Å². The van der Waals surface area contributed by atoms with Gasteiger partial charge in [0.1, 0.15) is 36.2 Å². The SMILES string of the molecule is CNc1cc(NCc2cn3cc(C4CC4)cc(CN(CC=O)C(=O)N(C)C)c3n2)ncn1.Clc1ccccc1.O=CC1CC1. The summed E-state index contributed by atoms with van der Waals surface area (Å²) in [5.41, 5.74) is 3.80. The third-order valence-electron chi connectivity index (χ3n) is 6.98. The largest absolute Gasteiger partial charge is 0.373 e. The molecular weight excluding hydrogens is 580 g/mol. The zero-order valence-electron chi connectivity index (χ0n) is 25.3. The number of halogens is 1. The number of amides is 2. The first kappa shape index (κ1) is 32.4. The highest BCUT2D eigenvalue weighted by atomic mass is 35.5. The van der Waals surface area contributed by atoms with Crippen molar-refractivity contribution in [2.45, 2.75) is 44.7 Å². The smallest absolute Gasteiger partial charge is 0.320 e. The number of fused-ring (bicyclic) bond motifs is 1. The Morgan fingerprint density at radius 3 is 2.32 bits per heavy atom. The highest BCUT2D eigenvalue weighted by Gasteiger charge is 2.26. The van der Waals surface area contributed by atoms with Crippen LogP contribution in [-0.4, -0.2) is 75.4 Å². The van der Waals surface area contributed by atoms with E-state index in [2.05, 4.69) is 32.9 Å². The summed E-state index contributed by atoms with van der Waals surface area (Å²) in [6, 6.07) is 13.2. The van der Waals surface area contributed by atoms with E-state index in [0.29, 0.717) is 30.7 Å². The molecule has 232 valence electrons. The summed E-state index contributed by atoms with van der Waals surface area (Å²) >= 11 is 5.54. The molecular formula is C32H39ClN8O3. The van der Waals surface area contributed by atoms with Crippen molar-refractivity contribution in [1.29, 1.82) is 0 Å². The van der Waals surface area contributed by atoms with Gasteiger partial charge in [-0.15, -0.1) is 0 Å². The number of hydrogen-bond acceptors (Lipinski definition) is 8. The molecule has 12 heteroatoms. The normalized spacial score (nSPS) is 13.5. The highest BCUT2D eigenvalue weighted by Crippen LogP contribution is 2.40. The number of carbonyl (C=O) groups excluding carboxylic acids is 3. The number of nitrogens with one attached hydrogen (secondary N) is 2. The molecule has 0 aliphatic heterocycles. The van der Waals surface area contributed by atoms with Crippen LogP contribution in [0.1, 0.15) is 48.4 Å². The Morgan fingerprint density at radius 1 is 1.05 bits per heavy atom. The number of carbonyl (C=O) groups is 3. The monoisotopic (exact) mass is 618 g/mol. The predicted octanol–water partition coefficient (Wildman–Crippen LogP) is 5.27. The molecule has 1 aromatic carbocycles. The van der Waals surface area contributed by atoms with Gasteiger partial charge in [0, 0.05) is 56.1 Å². The summed E-state index contributed by atoms with van der Waals surface area (Å²) in [6.45, 7) is 0.851. The van der Waals surface area contributed by atoms with Crippen LogP contribution in [0.5, 0.6) is 0 Å². The van der Waals surface area contributed by atoms with Crippen LogP contribution in [0.15, 0.2) is 61.2 Å². The number of urea groups is 1. The van der Waals surface area contributed by atoms with Crippen molar-refractivity contribution in [3.63, 3.8) is 0 Å². The van der Waals surface area contributed by atoms with Crippen LogP contribution in [0.25, 0.3) is 5.65 Å². The maximum Gasteiger partial charge on any atom is 0.320 e. The van der Waals surface area contributed by atoms with Crippen molar-refractivity contribution in [2.75, 3.05) is 38.3 Å². The molecule has 2 aliphatic carbocycles. The van der Waals surface area contributed by atoms with Gasteiger partial charge < -0.3 is 34.4 Å². The maximum atomic E-state index is 12.6. The molecule has 3 heterocycles. The maximum absolute atomic E-state index is 12.6. The Morgan fingerprint density at radius 2 is 1.77 bits per heavy atom. The molecule has 0 radical (unpaired) electrons. The molecule has 0 spiro atoms. The number of imidazole rings is 1. The Labute approximate surface area is 262 Å². The molecule has 3 aromatic heterocycles. The van der Waals surface area contributed by atoms with Crippen LogP contribution in [0, 0.1) is 5.92 Å². The molecule has 0 unspecified atom stereocenters. The molecule has 4 aromatic rings. The van der Waals surface area contributed by atoms with Gasteiger partial charge in [0.25, 0.3) is 0 Å². The number of hydrogen-bond donors (Lipinski definition) is 2. The van der Waals surface area contributed by atoms with Crippen LogP contribution in [0.4, 0.5) is 16.4 Å². The molecule has 2 aliphatic rings. The lowest BCUT2D eigenvalue weighted by molar-refractivity contribution is -0.109. The van der Waals surface area contributed by atoms with Gasteiger partial charge in [0.15, 0.2) is 0 Å². The van der Waals surface area contributed by atoms with Crippen molar-refractivity contribution in [3.8, 4) is 0 Å². The minimum Gasteiger partial charge on any atom is -0.373 e. The van der Waals surface area contributed by atoms with E-state index < -0.39 is 0 Å². The highest BCUT2D eigenvalue weighted by molar-refractivity contribution is 6.30. The number of rotatable bonds is 10. The van der Waals surface area contributed by atoms with Crippen molar-refractivity contribution in [2.24, 2.45) is 5.92 Å². The molecule has 11 nitrogen and oxygen atoms in total. The number of aldehydes is 2. The number of anilines is 2. The number of nitrogens with zero attached hydrogens (tertiary/aromatic N) is 6. The van der Waals surface area contributed by atoms with E-state index in [0.717, 1.165) is 53.2 Å². The summed E-state index contributed by atoms with van der Waals surface area (Å²) in [7, 11) is 5.17. The van der Waals surface area contributed by atoms with Crippen LogP contribution >= 0.6 is 11.6 Å². The van der Waals surface area contributed by atoms with Gasteiger partial charge in [-0.25, -0.2) is 19.7 Å². The van der Waals surface area contributed by atoms with E-state index in [1.165, 1.54) is 34.5 Å².